The molecule has 0 aromatic heterocycles. The summed E-state index contributed by atoms with van der Waals surface area (Å²) in [7, 11) is 0. The van der Waals surface area contributed by atoms with Gasteiger partial charge in [0.25, 0.3) is 0 Å². The minimum atomic E-state index is -0.979. The van der Waals surface area contributed by atoms with Gasteiger partial charge < -0.3 is 15.7 Å². The number of aromatic carboxylic acids is 1. The maximum absolute atomic E-state index is 11.4. The van der Waals surface area contributed by atoms with Crippen molar-refractivity contribution in [3.05, 3.63) is 29.8 Å². The number of nitrogens with one attached hydrogen (secondary N) is 2. The van der Waals surface area contributed by atoms with Crippen molar-refractivity contribution in [3.63, 3.8) is 0 Å². The molecule has 7 heteroatoms. The monoisotopic (exact) mass is 282 g/mol. The van der Waals surface area contributed by atoms with E-state index in [2.05, 4.69) is 10.6 Å². The summed E-state index contributed by atoms with van der Waals surface area (Å²) in [6.07, 6.45) is 0. The van der Waals surface area contributed by atoms with Crippen LogP contribution in [-0.4, -0.2) is 33.1 Å². The van der Waals surface area contributed by atoms with Crippen LogP contribution in [0.3, 0.4) is 0 Å². The molecule has 0 spiro atoms. The second-order valence-electron chi connectivity index (χ2n) is 3.65. The van der Waals surface area contributed by atoms with E-state index in [4.69, 9.17) is 17.3 Å². The molecule has 94 valence electrons. The van der Waals surface area contributed by atoms with E-state index in [0.29, 0.717) is 16.6 Å². The molecular formula is C11H10N2O3S2. The molecule has 18 heavy (non-hydrogen) atoms. The van der Waals surface area contributed by atoms with Crippen LogP contribution >= 0.6 is 24.0 Å². The molecule has 1 amide bonds. The molecule has 1 aromatic carbocycles. The second-order valence-corrected chi connectivity index (χ2v) is 5.53. The highest BCUT2D eigenvalue weighted by molar-refractivity contribution is 8.24. The fourth-order valence-corrected chi connectivity index (χ4v) is 2.70. The Morgan fingerprint density at radius 2 is 2.33 bits per heavy atom. The Bertz CT molecular complexity index is 519. The van der Waals surface area contributed by atoms with Crippen LogP contribution in [0.25, 0.3) is 0 Å². The maximum Gasteiger partial charge on any atom is 0.335 e. The van der Waals surface area contributed by atoms with Crippen LogP contribution in [0.15, 0.2) is 24.3 Å². The van der Waals surface area contributed by atoms with Crippen molar-refractivity contribution in [2.24, 2.45) is 0 Å². The van der Waals surface area contributed by atoms with Crippen LogP contribution in [0.2, 0.25) is 0 Å². The minimum Gasteiger partial charge on any atom is -0.478 e. The highest BCUT2D eigenvalue weighted by Gasteiger charge is 2.28. The number of hydrogen-bond acceptors (Lipinski definition) is 5. The molecule has 5 nitrogen and oxygen atoms in total. The van der Waals surface area contributed by atoms with Gasteiger partial charge >= 0.3 is 5.97 Å². The van der Waals surface area contributed by atoms with E-state index in [-0.39, 0.29) is 16.7 Å². The summed E-state index contributed by atoms with van der Waals surface area (Å²) < 4.78 is 0.478. The van der Waals surface area contributed by atoms with Gasteiger partial charge in [0.05, 0.1) is 5.56 Å². The number of hydrogen-bond donors (Lipinski definition) is 3. The summed E-state index contributed by atoms with van der Waals surface area (Å²) in [6.45, 7) is 0.402. The van der Waals surface area contributed by atoms with Crippen molar-refractivity contribution >= 4 is 45.9 Å². The number of anilines is 1. The first kappa shape index (κ1) is 12.8. The molecule has 0 saturated carbocycles. The predicted molar refractivity (Wildman–Crippen MR) is 74.0 cm³/mol. The average molecular weight is 282 g/mol. The van der Waals surface area contributed by atoms with Gasteiger partial charge in [0, 0.05) is 12.2 Å². The van der Waals surface area contributed by atoms with Gasteiger partial charge in [-0.2, -0.15) is 0 Å². The summed E-state index contributed by atoms with van der Waals surface area (Å²) in [5, 5.41) is 14.2. The van der Waals surface area contributed by atoms with Gasteiger partial charge in [0.15, 0.2) is 0 Å². The zero-order chi connectivity index (χ0) is 13.1. The summed E-state index contributed by atoms with van der Waals surface area (Å²) in [6, 6.07) is 6.44. The zero-order valence-corrected chi connectivity index (χ0v) is 10.8. The van der Waals surface area contributed by atoms with Crippen molar-refractivity contribution < 1.29 is 14.7 Å². The van der Waals surface area contributed by atoms with Crippen molar-refractivity contribution in [1.29, 1.82) is 0 Å². The first-order valence-corrected chi connectivity index (χ1v) is 6.44. The molecule has 0 bridgehead atoms. The highest BCUT2D eigenvalue weighted by Crippen LogP contribution is 2.20. The number of carbonyl (C=O) groups excluding carboxylic acids is 1. The normalized spacial score (nSPS) is 18.6. The molecule has 3 N–H and O–H groups in total. The standard InChI is InChI=1S/C11H10N2O3S2/c14-9-8(18-11(17)13-9)5-12-7-3-1-2-6(4-7)10(15)16/h1-4,8,12H,5H2,(H,15,16)(H,13,14,17)/t8-/m0/s1. The number of amides is 1. The van der Waals surface area contributed by atoms with E-state index >= 15 is 0 Å². The summed E-state index contributed by atoms with van der Waals surface area (Å²) in [5.74, 6) is -1.10. The highest BCUT2D eigenvalue weighted by atomic mass is 32.2. The van der Waals surface area contributed by atoms with Crippen molar-refractivity contribution in [2.75, 3.05) is 11.9 Å². The number of carboxylic acid groups (broad SMARTS) is 1. The summed E-state index contributed by atoms with van der Waals surface area (Å²) in [5.41, 5.74) is 0.875. The van der Waals surface area contributed by atoms with Crippen LogP contribution in [-0.2, 0) is 4.79 Å². The topological polar surface area (TPSA) is 78.4 Å². The first-order chi connectivity index (χ1) is 8.56. The predicted octanol–water partition coefficient (Wildman–Crippen LogP) is 1.31. The molecule has 2 rings (SSSR count). The summed E-state index contributed by atoms with van der Waals surface area (Å²) >= 11 is 6.18. The second kappa shape index (κ2) is 5.36. The molecule has 1 aliphatic rings. The van der Waals surface area contributed by atoms with E-state index in [0.717, 1.165) is 0 Å². The maximum atomic E-state index is 11.4. The summed E-state index contributed by atoms with van der Waals surface area (Å²) in [4.78, 5) is 22.2. The van der Waals surface area contributed by atoms with E-state index in [1.165, 1.54) is 23.9 Å². The Kier molecular flexibility index (Phi) is 3.83. The quantitative estimate of drug-likeness (QED) is 0.723. The lowest BCUT2D eigenvalue weighted by Gasteiger charge is -2.09. The van der Waals surface area contributed by atoms with Gasteiger partial charge in [-0.3, -0.25) is 4.79 Å². The molecular weight excluding hydrogens is 272 g/mol. The van der Waals surface area contributed by atoms with Gasteiger partial charge in [0.1, 0.15) is 9.57 Å². The number of thiocarbonyl (C=S) groups is 1. The van der Waals surface area contributed by atoms with Gasteiger partial charge in [-0.15, -0.1) is 0 Å². The van der Waals surface area contributed by atoms with E-state index in [1.807, 2.05) is 0 Å². The number of carbonyl (C=O) groups is 2. The van der Waals surface area contributed by atoms with E-state index < -0.39 is 5.97 Å². The van der Waals surface area contributed by atoms with Crippen LogP contribution in [0.4, 0.5) is 5.69 Å². The van der Waals surface area contributed by atoms with E-state index in [1.54, 1.807) is 12.1 Å². The smallest absolute Gasteiger partial charge is 0.335 e. The largest absolute Gasteiger partial charge is 0.478 e. The van der Waals surface area contributed by atoms with Gasteiger partial charge in [0.2, 0.25) is 5.91 Å². The molecule has 0 radical (unpaired) electrons. The molecule has 0 aliphatic carbocycles. The first-order valence-electron chi connectivity index (χ1n) is 5.15. The molecule has 1 saturated heterocycles. The van der Waals surface area contributed by atoms with Crippen LogP contribution in [0.5, 0.6) is 0 Å². The Balaban J connectivity index is 1.98. The van der Waals surface area contributed by atoms with Crippen LogP contribution < -0.4 is 10.6 Å². The Morgan fingerprint density at radius 1 is 1.56 bits per heavy atom. The molecule has 0 unspecified atom stereocenters. The number of rotatable bonds is 4. The van der Waals surface area contributed by atoms with Gasteiger partial charge in [-0.05, 0) is 18.2 Å². The molecule has 1 aliphatic heterocycles. The molecule has 1 atom stereocenters. The van der Waals surface area contributed by atoms with Crippen molar-refractivity contribution in [2.45, 2.75) is 5.25 Å². The third-order valence-electron chi connectivity index (χ3n) is 2.37. The third kappa shape index (κ3) is 2.99. The van der Waals surface area contributed by atoms with Gasteiger partial charge in [-0.25, -0.2) is 4.79 Å². The number of benzene rings is 1. The molecule has 1 fully saturated rings. The lowest BCUT2D eigenvalue weighted by Crippen LogP contribution is -2.28. The Morgan fingerprint density at radius 3 is 2.94 bits per heavy atom. The third-order valence-corrected chi connectivity index (χ3v) is 3.74. The SMILES string of the molecule is O=C(O)c1cccc(NC[C@@H]2SC(=S)NC2=O)c1. The average Bonchev–Trinajstić information content (AvgIpc) is 2.65. The van der Waals surface area contributed by atoms with Crippen molar-refractivity contribution in [3.8, 4) is 0 Å². The fourth-order valence-electron chi connectivity index (χ4n) is 1.50. The zero-order valence-electron chi connectivity index (χ0n) is 9.17. The van der Waals surface area contributed by atoms with Crippen LogP contribution in [0, 0.1) is 0 Å². The fraction of sp³-hybridized carbons (Fsp3) is 0.182. The lowest BCUT2D eigenvalue weighted by molar-refractivity contribution is -0.118. The van der Waals surface area contributed by atoms with Crippen molar-refractivity contribution in [1.82, 2.24) is 5.32 Å². The Labute approximate surface area is 113 Å². The number of carboxylic acids is 1. The van der Waals surface area contributed by atoms with E-state index in [9.17, 15) is 9.59 Å². The molecule has 1 aromatic rings. The lowest BCUT2D eigenvalue weighted by atomic mass is 10.2. The minimum absolute atomic E-state index is 0.119. The number of thioether (sulfide) groups is 1. The molecule has 1 heterocycles. The van der Waals surface area contributed by atoms with Gasteiger partial charge in [-0.1, -0.05) is 30.0 Å². The van der Waals surface area contributed by atoms with Crippen LogP contribution in [0.1, 0.15) is 10.4 Å². The Hall–Kier alpha value is -1.60.